The van der Waals surface area contributed by atoms with Crippen LogP contribution in [0.1, 0.15) is 38.5 Å². The number of hydrogen-bond acceptors (Lipinski definition) is 4. The summed E-state index contributed by atoms with van der Waals surface area (Å²) in [5.74, 6) is 2.12. The SMILES string of the molecule is CN=C(NCC(O)C1CCCCC1)N1CCN(CC2CCOC2)CC1.I. The summed E-state index contributed by atoms with van der Waals surface area (Å²) in [5, 5.41) is 13.9. The minimum absolute atomic E-state index is 0. The Kier molecular flexibility index (Phi) is 9.94. The van der Waals surface area contributed by atoms with Gasteiger partial charge in [0, 0.05) is 52.9 Å². The van der Waals surface area contributed by atoms with Crippen molar-refractivity contribution < 1.29 is 9.84 Å². The molecular weight excluding hydrogens is 443 g/mol. The Hall–Kier alpha value is -0.120. The second-order valence-electron chi connectivity index (χ2n) is 7.91. The fourth-order valence-electron chi connectivity index (χ4n) is 4.45. The second-order valence-corrected chi connectivity index (χ2v) is 7.91. The van der Waals surface area contributed by atoms with Crippen molar-refractivity contribution in [1.82, 2.24) is 15.1 Å². The lowest BCUT2D eigenvalue weighted by molar-refractivity contribution is 0.0865. The molecule has 3 fully saturated rings. The van der Waals surface area contributed by atoms with Gasteiger partial charge in [0.1, 0.15) is 0 Å². The summed E-state index contributed by atoms with van der Waals surface area (Å²) >= 11 is 0. The smallest absolute Gasteiger partial charge is 0.193 e. The number of nitrogens with zero attached hydrogens (tertiary/aromatic N) is 3. The normalized spacial score (nSPS) is 27.2. The molecule has 2 aliphatic heterocycles. The van der Waals surface area contributed by atoms with Gasteiger partial charge in [0.25, 0.3) is 0 Å². The van der Waals surface area contributed by atoms with Gasteiger partial charge in [0.15, 0.2) is 5.96 Å². The van der Waals surface area contributed by atoms with E-state index in [0.29, 0.717) is 12.5 Å². The zero-order valence-corrected chi connectivity index (χ0v) is 18.6. The quantitative estimate of drug-likeness (QED) is 0.357. The maximum absolute atomic E-state index is 10.5. The summed E-state index contributed by atoms with van der Waals surface area (Å²) in [7, 11) is 1.84. The third-order valence-electron chi connectivity index (χ3n) is 6.09. The average molecular weight is 480 g/mol. The van der Waals surface area contributed by atoms with Crippen molar-refractivity contribution in [1.29, 1.82) is 0 Å². The number of ether oxygens (including phenoxy) is 1. The summed E-state index contributed by atoms with van der Waals surface area (Å²) in [4.78, 5) is 9.32. The lowest BCUT2D eigenvalue weighted by Crippen LogP contribution is -2.54. The molecule has 1 aliphatic carbocycles. The minimum atomic E-state index is -0.249. The van der Waals surface area contributed by atoms with Crippen LogP contribution in [-0.2, 0) is 4.74 Å². The van der Waals surface area contributed by atoms with Crippen molar-refractivity contribution >= 4 is 29.9 Å². The van der Waals surface area contributed by atoms with E-state index >= 15 is 0 Å². The highest BCUT2D eigenvalue weighted by Gasteiger charge is 2.25. The molecular formula is C19H37IN4O2. The highest BCUT2D eigenvalue weighted by molar-refractivity contribution is 14.0. The molecule has 3 rings (SSSR count). The topological polar surface area (TPSA) is 60.3 Å². The van der Waals surface area contributed by atoms with Gasteiger partial charge in [0.05, 0.1) is 12.7 Å². The molecule has 2 atom stereocenters. The fourth-order valence-corrected chi connectivity index (χ4v) is 4.45. The van der Waals surface area contributed by atoms with Gasteiger partial charge >= 0.3 is 0 Å². The Morgan fingerprint density at radius 2 is 1.88 bits per heavy atom. The van der Waals surface area contributed by atoms with Crippen LogP contribution in [0.25, 0.3) is 0 Å². The van der Waals surface area contributed by atoms with Gasteiger partial charge in [-0.05, 0) is 31.1 Å². The third kappa shape index (κ3) is 6.49. The molecule has 0 bridgehead atoms. The number of piperazine rings is 1. The van der Waals surface area contributed by atoms with Crippen LogP contribution in [0.4, 0.5) is 0 Å². The number of guanidine groups is 1. The molecule has 26 heavy (non-hydrogen) atoms. The van der Waals surface area contributed by atoms with Crippen molar-refractivity contribution in [3.8, 4) is 0 Å². The standard InChI is InChI=1S/C19H36N4O2.HI/c1-20-19(21-13-18(24)17-5-3-2-4-6-17)23-10-8-22(9-11-23)14-16-7-12-25-15-16;/h16-18,24H,2-15H2,1H3,(H,20,21);1H. The van der Waals surface area contributed by atoms with Crippen LogP contribution >= 0.6 is 24.0 Å². The molecule has 2 saturated heterocycles. The Balaban J connectivity index is 0.00000243. The van der Waals surface area contributed by atoms with Gasteiger partial charge in [-0.25, -0.2) is 0 Å². The summed E-state index contributed by atoms with van der Waals surface area (Å²) in [5.41, 5.74) is 0. The van der Waals surface area contributed by atoms with Crippen molar-refractivity contribution in [3.63, 3.8) is 0 Å². The molecule has 2 heterocycles. The predicted molar refractivity (Wildman–Crippen MR) is 116 cm³/mol. The average Bonchev–Trinajstić information content (AvgIpc) is 3.17. The Bertz CT molecular complexity index is 418. The molecule has 2 unspecified atom stereocenters. The number of halogens is 1. The van der Waals surface area contributed by atoms with Crippen molar-refractivity contribution in [3.05, 3.63) is 0 Å². The van der Waals surface area contributed by atoms with Crippen molar-refractivity contribution in [2.24, 2.45) is 16.8 Å². The summed E-state index contributed by atoms with van der Waals surface area (Å²) in [6, 6.07) is 0. The highest BCUT2D eigenvalue weighted by atomic mass is 127. The molecule has 7 heteroatoms. The van der Waals surface area contributed by atoms with Gasteiger partial charge in [-0.1, -0.05) is 19.3 Å². The number of hydrogen-bond donors (Lipinski definition) is 2. The summed E-state index contributed by atoms with van der Waals surface area (Å²) in [6.45, 7) is 7.84. The van der Waals surface area contributed by atoms with E-state index in [9.17, 15) is 5.11 Å². The first-order valence-corrected chi connectivity index (χ1v) is 10.2. The van der Waals surface area contributed by atoms with Crippen LogP contribution in [-0.4, -0.2) is 86.5 Å². The number of nitrogens with one attached hydrogen (secondary N) is 1. The van der Waals surface area contributed by atoms with Gasteiger partial charge in [0.2, 0.25) is 0 Å². The van der Waals surface area contributed by atoms with E-state index in [1.54, 1.807) is 0 Å². The number of aliphatic imine (C=N–C) groups is 1. The first-order chi connectivity index (χ1) is 12.3. The molecule has 0 aromatic rings. The first-order valence-electron chi connectivity index (χ1n) is 10.2. The largest absolute Gasteiger partial charge is 0.391 e. The number of aliphatic hydroxyl groups is 1. The van der Waals surface area contributed by atoms with Crippen LogP contribution in [0.3, 0.4) is 0 Å². The molecule has 6 nitrogen and oxygen atoms in total. The molecule has 0 amide bonds. The van der Waals surface area contributed by atoms with Crippen LogP contribution in [0.15, 0.2) is 4.99 Å². The predicted octanol–water partition coefficient (Wildman–Crippen LogP) is 1.78. The van der Waals surface area contributed by atoms with Gasteiger partial charge in [-0.2, -0.15) is 0 Å². The van der Waals surface area contributed by atoms with E-state index < -0.39 is 0 Å². The maximum Gasteiger partial charge on any atom is 0.193 e. The molecule has 0 aromatic heterocycles. The van der Waals surface area contributed by atoms with Crippen LogP contribution in [0.2, 0.25) is 0 Å². The molecule has 2 N–H and O–H groups in total. The molecule has 0 aromatic carbocycles. The Morgan fingerprint density at radius 3 is 2.50 bits per heavy atom. The Labute approximate surface area is 175 Å². The fraction of sp³-hybridized carbons (Fsp3) is 0.947. The summed E-state index contributed by atoms with van der Waals surface area (Å²) < 4.78 is 5.49. The van der Waals surface area contributed by atoms with Crippen LogP contribution < -0.4 is 5.32 Å². The molecule has 152 valence electrons. The second kappa shape index (κ2) is 11.7. The number of rotatable bonds is 5. The van der Waals surface area contributed by atoms with Crippen LogP contribution in [0, 0.1) is 11.8 Å². The zero-order valence-electron chi connectivity index (χ0n) is 16.2. The maximum atomic E-state index is 10.5. The monoisotopic (exact) mass is 480 g/mol. The zero-order chi connectivity index (χ0) is 17.5. The van der Waals surface area contributed by atoms with E-state index in [1.165, 1.54) is 45.1 Å². The molecule has 0 spiro atoms. The van der Waals surface area contributed by atoms with E-state index in [1.807, 2.05) is 7.05 Å². The van der Waals surface area contributed by atoms with E-state index in [-0.39, 0.29) is 30.1 Å². The van der Waals surface area contributed by atoms with Crippen molar-refractivity contribution in [2.75, 3.05) is 59.5 Å². The molecule has 0 radical (unpaired) electrons. The number of aliphatic hydroxyl groups excluding tert-OH is 1. The summed E-state index contributed by atoms with van der Waals surface area (Å²) in [6.07, 6.45) is 7.17. The third-order valence-corrected chi connectivity index (χ3v) is 6.09. The van der Waals surface area contributed by atoms with Crippen molar-refractivity contribution in [2.45, 2.75) is 44.6 Å². The Morgan fingerprint density at radius 1 is 1.15 bits per heavy atom. The highest BCUT2D eigenvalue weighted by Crippen LogP contribution is 2.26. The van der Waals surface area contributed by atoms with Gasteiger partial charge in [-0.3, -0.25) is 9.89 Å². The molecule has 3 aliphatic rings. The minimum Gasteiger partial charge on any atom is -0.391 e. The lowest BCUT2D eigenvalue weighted by atomic mass is 9.85. The van der Waals surface area contributed by atoms with E-state index in [4.69, 9.17) is 4.74 Å². The van der Waals surface area contributed by atoms with E-state index in [2.05, 4.69) is 20.1 Å². The lowest BCUT2D eigenvalue weighted by Gasteiger charge is -2.37. The van der Waals surface area contributed by atoms with Gasteiger partial charge in [-0.15, -0.1) is 24.0 Å². The van der Waals surface area contributed by atoms with Crippen LogP contribution in [0.5, 0.6) is 0 Å². The molecule has 1 saturated carbocycles. The van der Waals surface area contributed by atoms with E-state index in [0.717, 1.165) is 51.3 Å². The first kappa shape index (κ1) is 22.2. The van der Waals surface area contributed by atoms with Gasteiger partial charge < -0.3 is 20.1 Å².